The summed E-state index contributed by atoms with van der Waals surface area (Å²) in [4.78, 5) is 5.42. The number of rotatable bonds is 6. The van der Waals surface area contributed by atoms with Crippen molar-refractivity contribution in [1.82, 2.24) is 0 Å². The van der Waals surface area contributed by atoms with Crippen LogP contribution in [-0.4, -0.2) is 5.71 Å². The molecule has 3 heteroatoms. The normalized spacial score (nSPS) is 11.5. The molecule has 0 fully saturated rings. The van der Waals surface area contributed by atoms with Gasteiger partial charge in [-0.05, 0) is 30.5 Å². The van der Waals surface area contributed by atoms with Crippen molar-refractivity contribution >= 4 is 5.71 Å². The maximum atomic E-state index is 13.7. The molecule has 0 bridgehead atoms. The third kappa shape index (κ3) is 4.42. The Morgan fingerprint density at radius 3 is 2.57 bits per heavy atom. The molecule has 21 heavy (non-hydrogen) atoms. The van der Waals surface area contributed by atoms with Crippen LogP contribution in [0.1, 0.15) is 36.5 Å². The zero-order valence-electron chi connectivity index (χ0n) is 12.5. The highest BCUT2D eigenvalue weighted by atomic mass is 19.1. The van der Waals surface area contributed by atoms with Crippen LogP contribution in [0.5, 0.6) is 0 Å². The van der Waals surface area contributed by atoms with Gasteiger partial charge in [0, 0.05) is 5.56 Å². The van der Waals surface area contributed by atoms with Gasteiger partial charge in [-0.3, -0.25) is 0 Å². The molecule has 0 heterocycles. The summed E-state index contributed by atoms with van der Waals surface area (Å²) in [6.45, 7) is 4.24. The van der Waals surface area contributed by atoms with E-state index in [-0.39, 0.29) is 5.82 Å². The van der Waals surface area contributed by atoms with Gasteiger partial charge in [0.25, 0.3) is 0 Å². The van der Waals surface area contributed by atoms with Gasteiger partial charge in [0.05, 0.1) is 5.71 Å². The number of oxime groups is 1. The fourth-order valence-corrected chi connectivity index (χ4v) is 2.01. The van der Waals surface area contributed by atoms with Gasteiger partial charge >= 0.3 is 0 Å². The number of aryl methyl sites for hydroxylation is 1. The Kier molecular flexibility index (Phi) is 5.50. The lowest BCUT2D eigenvalue weighted by molar-refractivity contribution is 0.130. The van der Waals surface area contributed by atoms with Crippen molar-refractivity contribution < 1.29 is 9.23 Å². The molecule has 0 radical (unpaired) electrons. The quantitative estimate of drug-likeness (QED) is 0.549. The molecule has 2 aromatic rings. The number of benzene rings is 2. The van der Waals surface area contributed by atoms with E-state index in [1.54, 1.807) is 13.0 Å². The van der Waals surface area contributed by atoms with Gasteiger partial charge < -0.3 is 4.84 Å². The summed E-state index contributed by atoms with van der Waals surface area (Å²) in [5.41, 5.74) is 3.27. The molecule has 0 aliphatic carbocycles. The Hall–Kier alpha value is -2.16. The van der Waals surface area contributed by atoms with E-state index >= 15 is 0 Å². The molecule has 0 atom stereocenters. The molecule has 0 aliphatic heterocycles. The smallest absolute Gasteiger partial charge is 0.142 e. The van der Waals surface area contributed by atoms with E-state index in [4.69, 9.17) is 4.84 Å². The van der Waals surface area contributed by atoms with Crippen molar-refractivity contribution in [2.45, 2.75) is 33.3 Å². The predicted octanol–water partition coefficient (Wildman–Crippen LogP) is 4.86. The van der Waals surface area contributed by atoms with Crippen LogP contribution in [0.4, 0.5) is 4.39 Å². The van der Waals surface area contributed by atoms with Gasteiger partial charge in [-0.15, -0.1) is 0 Å². The Morgan fingerprint density at radius 2 is 1.90 bits per heavy atom. The number of hydrogen-bond acceptors (Lipinski definition) is 2. The first kappa shape index (κ1) is 15.2. The first-order valence-corrected chi connectivity index (χ1v) is 7.20. The molecule has 0 amide bonds. The molecule has 2 aromatic carbocycles. The maximum absolute atomic E-state index is 13.7. The lowest BCUT2D eigenvalue weighted by Gasteiger charge is -2.07. The number of hydrogen-bond donors (Lipinski definition) is 0. The van der Waals surface area contributed by atoms with Crippen LogP contribution in [-0.2, 0) is 11.4 Å². The Labute approximate surface area is 125 Å². The van der Waals surface area contributed by atoms with Crippen LogP contribution in [0.2, 0.25) is 0 Å². The fourth-order valence-electron chi connectivity index (χ4n) is 2.01. The van der Waals surface area contributed by atoms with Crippen LogP contribution in [0.3, 0.4) is 0 Å². The molecule has 0 N–H and O–H groups in total. The van der Waals surface area contributed by atoms with Crippen LogP contribution in [0.25, 0.3) is 0 Å². The maximum Gasteiger partial charge on any atom is 0.142 e. The Balaban J connectivity index is 2.10. The molecular weight excluding hydrogens is 265 g/mol. The van der Waals surface area contributed by atoms with Crippen molar-refractivity contribution in [1.29, 1.82) is 0 Å². The number of nitrogens with zero attached hydrogens (tertiary/aromatic N) is 1. The summed E-state index contributed by atoms with van der Waals surface area (Å²) in [5, 5.41) is 4.20. The highest BCUT2D eigenvalue weighted by Gasteiger charge is 2.07. The lowest BCUT2D eigenvalue weighted by Crippen LogP contribution is -2.03. The molecular formula is C18H20FNO. The molecule has 2 nitrogen and oxygen atoms in total. The lowest BCUT2D eigenvalue weighted by atomic mass is 10.0. The van der Waals surface area contributed by atoms with E-state index in [1.165, 1.54) is 6.07 Å². The zero-order chi connectivity index (χ0) is 15.1. The summed E-state index contributed by atoms with van der Waals surface area (Å²) < 4.78 is 13.7. The minimum Gasteiger partial charge on any atom is -0.391 e. The number of halogens is 1. The van der Waals surface area contributed by atoms with E-state index < -0.39 is 0 Å². The van der Waals surface area contributed by atoms with Crippen molar-refractivity contribution in [2.75, 3.05) is 0 Å². The molecule has 0 aliphatic rings. The van der Waals surface area contributed by atoms with E-state index in [0.29, 0.717) is 12.2 Å². The summed E-state index contributed by atoms with van der Waals surface area (Å²) >= 11 is 0. The zero-order valence-corrected chi connectivity index (χ0v) is 12.5. The largest absolute Gasteiger partial charge is 0.391 e. The summed E-state index contributed by atoms with van der Waals surface area (Å²) in [6.07, 6.45) is 1.69. The van der Waals surface area contributed by atoms with E-state index in [9.17, 15) is 4.39 Å². The van der Waals surface area contributed by atoms with Gasteiger partial charge in [0.15, 0.2) is 0 Å². The van der Waals surface area contributed by atoms with Gasteiger partial charge in [-0.25, -0.2) is 4.39 Å². The molecule has 0 aromatic heterocycles. The van der Waals surface area contributed by atoms with Crippen molar-refractivity contribution in [3.05, 3.63) is 71.0 Å². The minimum atomic E-state index is -0.209. The SMILES string of the molecule is CCC/C(=N\OCc1ccccc1)c1ccc(C)c(F)c1. The third-order valence-corrected chi connectivity index (χ3v) is 3.24. The van der Waals surface area contributed by atoms with Crippen LogP contribution < -0.4 is 0 Å². The highest BCUT2D eigenvalue weighted by molar-refractivity contribution is 6.00. The summed E-state index contributed by atoms with van der Waals surface area (Å²) in [6, 6.07) is 15.0. The fraction of sp³-hybridized carbons (Fsp3) is 0.278. The minimum absolute atomic E-state index is 0.209. The Bertz CT molecular complexity index is 608. The average molecular weight is 285 g/mol. The van der Waals surface area contributed by atoms with E-state index in [0.717, 1.165) is 29.7 Å². The second-order valence-electron chi connectivity index (χ2n) is 5.01. The predicted molar refractivity (Wildman–Crippen MR) is 83.8 cm³/mol. The summed E-state index contributed by atoms with van der Waals surface area (Å²) in [7, 11) is 0. The van der Waals surface area contributed by atoms with Crippen LogP contribution >= 0.6 is 0 Å². The van der Waals surface area contributed by atoms with E-state index in [2.05, 4.69) is 12.1 Å². The van der Waals surface area contributed by atoms with Crippen molar-refractivity contribution in [3.8, 4) is 0 Å². The van der Waals surface area contributed by atoms with Crippen LogP contribution in [0, 0.1) is 12.7 Å². The van der Waals surface area contributed by atoms with E-state index in [1.807, 2.05) is 36.4 Å². The van der Waals surface area contributed by atoms with Gasteiger partial charge in [-0.2, -0.15) is 0 Å². The molecule has 0 unspecified atom stereocenters. The molecule has 0 spiro atoms. The standard InChI is InChI=1S/C18H20FNO/c1-3-7-18(16-11-10-14(2)17(19)12-16)20-21-13-15-8-5-4-6-9-15/h4-6,8-12H,3,7,13H2,1-2H3/b20-18+. The topological polar surface area (TPSA) is 21.6 Å². The van der Waals surface area contributed by atoms with Gasteiger partial charge in [0.1, 0.15) is 12.4 Å². The van der Waals surface area contributed by atoms with Crippen LogP contribution in [0.15, 0.2) is 53.7 Å². The molecule has 0 saturated heterocycles. The highest BCUT2D eigenvalue weighted by Crippen LogP contribution is 2.13. The third-order valence-electron chi connectivity index (χ3n) is 3.24. The van der Waals surface area contributed by atoms with Gasteiger partial charge in [0.2, 0.25) is 0 Å². The monoisotopic (exact) mass is 285 g/mol. The molecule has 0 saturated carbocycles. The van der Waals surface area contributed by atoms with Gasteiger partial charge in [-0.1, -0.05) is 61.0 Å². The second-order valence-corrected chi connectivity index (χ2v) is 5.01. The first-order chi connectivity index (χ1) is 10.2. The second kappa shape index (κ2) is 7.58. The average Bonchev–Trinajstić information content (AvgIpc) is 2.50. The summed E-state index contributed by atoms with van der Waals surface area (Å²) in [5.74, 6) is -0.209. The first-order valence-electron chi connectivity index (χ1n) is 7.20. The molecule has 2 rings (SSSR count). The molecule has 110 valence electrons. The Morgan fingerprint density at radius 1 is 1.14 bits per heavy atom. The van der Waals surface area contributed by atoms with Crippen molar-refractivity contribution in [2.24, 2.45) is 5.16 Å². The van der Waals surface area contributed by atoms with Crippen molar-refractivity contribution in [3.63, 3.8) is 0 Å².